The van der Waals surface area contributed by atoms with Gasteiger partial charge >= 0.3 is 0 Å². The van der Waals surface area contributed by atoms with Crippen LogP contribution in [0, 0.1) is 5.82 Å². The van der Waals surface area contributed by atoms with Crippen molar-refractivity contribution in [2.45, 2.75) is 39.3 Å². The highest BCUT2D eigenvalue weighted by molar-refractivity contribution is 6.31. The van der Waals surface area contributed by atoms with E-state index in [1.54, 1.807) is 6.20 Å². The van der Waals surface area contributed by atoms with Crippen molar-refractivity contribution in [2.75, 3.05) is 7.05 Å². The highest BCUT2D eigenvalue weighted by atomic mass is 35.5. The number of likely N-dealkylation sites (N-methyl/N-ethyl adjacent to an activating group) is 1. The third-order valence-corrected chi connectivity index (χ3v) is 4.00. The van der Waals surface area contributed by atoms with E-state index in [9.17, 15) is 4.39 Å². The lowest BCUT2D eigenvalue weighted by Crippen LogP contribution is -2.21. The van der Waals surface area contributed by atoms with Crippen LogP contribution in [0.15, 0.2) is 18.5 Å². The number of aryl methyl sites for hydroxylation is 2. The van der Waals surface area contributed by atoms with Gasteiger partial charge in [-0.05, 0) is 32.0 Å². The molecule has 1 unspecified atom stereocenters. The molecule has 0 radical (unpaired) electrons. The van der Waals surface area contributed by atoms with Gasteiger partial charge in [0.15, 0.2) is 0 Å². The third-order valence-electron chi connectivity index (χ3n) is 3.57. The minimum atomic E-state index is -0.336. The summed E-state index contributed by atoms with van der Waals surface area (Å²) in [5, 5.41) is 8.42. The number of pyridine rings is 1. The first-order valence-electron chi connectivity index (χ1n) is 7.12. The van der Waals surface area contributed by atoms with Crippen LogP contribution < -0.4 is 5.32 Å². The molecular weight excluding hydrogens is 291 g/mol. The molecule has 1 N–H and O–H groups in total. The van der Waals surface area contributed by atoms with Gasteiger partial charge in [0, 0.05) is 25.2 Å². The van der Waals surface area contributed by atoms with Crippen LogP contribution in [0.25, 0.3) is 0 Å². The third kappa shape index (κ3) is 3.41. The van der Waals surface area contributed by atoms with E-state index in [1.165, 1.54) is 12.3 Å². The number of hydrogen-bond donors (Lipinski definition) is 1. The molecule has 2 rings (SSSR count). The molecule has 0 aliphatic carbocycles. The predicted molar refractivity (Wildman–Crippen MR) is 82.0 cm³/mol. The molecule has 0 amide bonds. The summed E-state index contributed by atoms with van der Waals surface area (Å²) in [6.07, 6.45) is 4.31. The summed E-state index contributed by atoms with van der Waals surface area (Å²) in [7, 11) is 1.84. The molecule has 2 aromatic heterocycles. The number of aromatic nitrogens is 3. The zero-order valence-electron chi connectivity index (χ0n) is 12.5. The van der Waals surface area contributed by atoms with Crippen LogP contribution in [0.1, 0.15) is 36.8 Å². The lowest BCUT2D eigenvalue weighted by Gasteiger charge is -2.17. The smallest absolute Gasteiger partial charge is 0.141 e. The molecular formula is C15H20ClFN4. The Morgan fingerprint density at radius 1 is 1.38 bits per heavy atom. The molecule has 0 aromatic carbocycles. The maximum absolute atomic E-state index is 13.4. The van der Waals surface area contributed by atoms with E-state index in [0.717, 1.165) is 29.9 Å². The van der Waals surface area contributed by atoms with E-state index >= 15 is 0 Å². The highest BCUT2D eigenvalue weighted by Gasteiger charge is 2.19. The second-order valence-corrected chi connectivity index (χ2v) is 5.24. The Balaban J connectivity index is 2.32. The molecule has 21 heavy (non-hydrogen) atoms. The monoisotopic (exact) mass is 310 g/mol. The minimum Gasteiger partial charge on any atom is -0.313 e. The Morgan fingerprint density at radius 2 is 2.14 bits per heavy atom. The van der Waals surface area contributed by atoms with Crippen molar-refractivity contribution < 1.29 is 4.39 Å². The summed E-state index contributed by atoms with van der Waals surface area (Å²) < 4.78 is 15.3. The summed E-state index contributed by atoms with van der Waals surface area (Å²) in [6.45, 7) is 4.82. The lowest BCUT2D eigenvalue weighted by molar-refractivity contribution is 0.533. The summed E-state index contributed by atoms with van der Waals surface area (Å²) in [6, 6.07) is 1.44. The first-order valence-corrected chi connectivity index (χ1v) is 7.50. The average Bonchev–Trinajstić information content (AvgIpc) is 2.80. The van der Waals surface area contributed by atoms with Gasteiger partial charge in [-0.3, -0.25) is 9.67 Å². The molecule has 114 valence electrons. The number of halogens is 2. The van der Waals surface area contributed by atoms with E-state index < -0.39 is 0 Å². The van der Waals surface area contributed by atoms with Gasteiger partial charge in [-0.25, -0.2) is 4.39 Å². The largest absolute Gasteiger partial charge is 0.313 e. The van der Waals surface area contributed by atoms with Crippen molar-refractivity contribution in [1.82, 2.24) is 20.1 Å². The number of rotatable bonds is 6. The summed E-state index contributed by atoms with van der Waals surface area (Å²) in [4.78, 5) is 3.91. The first kappa shape index (κ1) is 15.9. The average molecular weight is 311 g/mol. The van der Waals surface area contributed by atoms with Crippen molar-refractivity contribution in [2.24, 2.45) is 0 Å². The molecule has 0 aliphatic rings. The molecule has 2 heterocycles. The zero-order chi connectivity index (χ0) is 15.4. The topological polar surface area (TPSA) is 42.7 Å². The van der Waals surface area contributed by atoms with Gasteiger partial charge in [-0.2, -0.15) is 5.10 Å². The van der Waals surface area contributed by atoms with Crippen LogP contribution in [-0.2, 0) is 19.4 Å². The molecule has 0 fully saturated rings. The molecule has 1 atom stereocenters. The van der Waals surface area contributed by atoms with Gasteiger partial charge in [0.2, 0.25) is 0 Å². The second kappa shape index (κ2) is 7.00. The molecule has 4 nitrogen and oxygen atoms in total. The molecule has 0 saturated heterocycles. The fourth-order valence-electron chi connectivity index (χ4n) is 2.41. The SMILES string of the molecule is CCc1nn(CC)c(CC(NC)c2cncc(F)c2)c1Cl. The Morgan fingerprint density at radius 3 is 2.71 bits per heavy atom. The van der Waals surface area contributed by atoms with E-state index in [-0.39, 0.29) is 11.9 Å². The number of nitrogens with one attached hydrogen (secondary N) is 1. The Kier molecular flexibility index (Phi) is 5.31. The Labute approximate surface area is 129 Å². The standard InChI is InChI=1S/C15H20ClFN4/c1-4-12-15(16)14(21(5-2)20-12)7-13(18-3)10-6-11(17)9-19-8-10/h6,8-9,13,18H,4-5,7H2,1-3H3. The summed E-state index contributed by atoms with van der Waals surface area (Å²) in [5.74, 6) is -0.336. The van der Waals surface area contributed by atoms with Gasteiger partial charge in [-0.1, -0.05) is 18.5 Å². The first-order chi connectivity index (χ1) is 10.1. The van der Waals surface area contributed by atoms with E-state index in [2.05, 4.69) is 15.4 Å². The van der Waals surface area contributed by atoms with Crippen LogP contribution in [0.2, 0.25) is 5.02 Å². The molecule has 0 bridgehead atoms. The molecule has 6 heteroatoms. The van der Waals surface area contributed by atoms with Gasteiger partial charge in [-0.15, -0.1) is 0 Å². The summed E-state index contributed by atoms with van der Waals surface area (Å²) >= 11 is 6.43. The predicted octanol–water partition coefficient (Wildman–Crippen LogP) is 3.16. The van der Waals surface area contributed by atoms with Crippen molar-refractivity contribution in [1.29, 1.82) is 0 Å². The van der Waals surface area contributed by atoms with Gasteiger partial charge in [0.25, 0.3) is 0 Å². The Bertz CT molecular complexity index is 612. The quantitative estimate of drug-likeness (QED) is 0.891. The van der Waals surface area contributed by atoms with Crippen LogP contribution in [0.3, 0.4) is 0 Å². The van der Waals surface area contributed by atoms with Crippen molar-refractivity contribution in [3.63, 3.8) is 0 Å². The maximum Gasteiger partial charge on any atom is 0.141 e. The summed E-state index contributed by atoms with van der Waals surface area (Å²) in [5.41, 5.74) is 2.68. The molecule has 0 aliphatic heterocycles. The van der Waals surface area contributed by atoms with Crippen molar-refractivity contribution >= 4 is 11.6 Å². The molecule has 0 spiro atoms. The zero-order valence-corrected chi connectivity index (χ0v) is 13.3. The van der Waals surface area contributed by atoms with Crippen molar-refractivity contribution in [3.05, 3.63) is 46.3 Å². The minimum absolute atomic E-state index is 0.0580. The number of nitrogens with zero attached hydrogens (tertiary/aromatic N) is 3. The van der Waals surface area contributed by atoms with Crippen LogP contribution in [0.5, 0.6) is 0 Å². The Hall–Kier alpha value is -1.46. The van der Waals surface area contributed by atoms with Crippen molar-refractivity contribution in [3.8, 4) is 0 Å². The van der Waals surface area contributed by atoms with Crippen LogP contribution >= 0.6 is 11.6 Å². The fraction of sp³-hybridized carbons (Fsp3) is 0.467. The highest BCUT2D eigenvalue weighted by Crippen LogP contribution is 2.26. The fourth-order valence-corrected chi connectivity index (χ4v) is 2.76. The van der Waals surface area contributed by atoms with E-state index in [0.29, 0.717) is 11.4 Å². The molecule has 2 aromatic rings. The number of hydrogen-bond acceptors (Lipinski definition) is 3. The maximum atomic E-state index is 13.4. The van der Waals surface area contributed by atoms with Crippen LogP contribution in [-0.4, -0.2) is 21.8 Å². The van der Waals surface area contributed by atoms with E-state index in [1.807, 2.05) is 25.6 Å². The van der Waals surface area contributed by atoms with Gasteiger partial charge < -0.3 is 5.32 Å². The second-order valence-electron chi connectivity index (χ2n) is 4.86. The van der Waals surface area contributed by atoms with Gasteiger partial charge in [0.1, 0.15) is 5.82 Å². The van der Waals surface area contributed by atoms with Gasteiger partial charge in [0.05, 0.1) is 22.6 Å². The molecule has 0 saturated carbocycles. The van der Waals surface area contributed by atoms with E-state index in [4.69, 9.17) is 11.6 Å². The normalized spacial score (nSPS) is 12.6. The lowest BCUT2D eigenvalue weighted by atomic mass is 10.0. The van der Waals surface area contributed by atoms with Crippen LogP contribution in [0.4, 0.5) is 4.39 Å².